The van der Waals surface area contributed by atoms with Gasteiger partial charge in [0, 0.05) is 20.0 Å². The zero-order chi connectivity index (χ0) is 13.1. The van der Waals surface area contributed by atoms with Gasteiger partial charge in [-0.25, -0.2) is 4.98 Å². The van der Waals surface area contributed by atoms with Crippen molar-refractivity contribution in [2.45, 2.75) is 6.54 Å². The van der Waals surface area contributed by atoms with Crippen LogP contribution in [-0.2, 0) is 6.54 Å². The monoisotopic (exact) mass is 437 g/mol. The summed E-state index contributed by atoms with van der Waals surface area (Å²) >= 11 is 6.97. The molecule has 2 aromatic rings. The van der Waals surface area contributed by atoms with Gasteiger partial charge in [0.15, 0.2) is 0 Å². The zero-order valence-electron chi connectivity index (χ0n) is 9.11. The van der Waals surface area contributed by atoms with Crippen molar-refractivity contribution in [2.24, 2.45) is 5.73 Å². The highest BCUT2D eigenvalue weighted by Crippen LogP contribution is 2.25. The molecule has 0 fully saturated rings. The van der Waals surface area contributed by atoms with Crippen LogP contribution in [0.5, 0.6) is 0 Å². The Bertz CT molecular complexity index is 587. The molecule has 0 saturated carbocycles. The Hall–Kier alpha value is -0.510. The van der Waals surface area contributed by atoms with E-state index in [0.717, 1.165) is 18.7 Å². The summed E-state index contributed by atoms with van der Waals surface area (Å²) in [6, 6.07) is 5.73. The van der Waals surface area contributed by atoms with Gasteiger partial charge >= 0.3 is 0 Å². The predicted molar refractivity (Wildman–Crippen MR) is 84.8 cm³/mol. The van der Waals surface area contributed by atoms with Crippen LogP contribution in [0.2, 0.25) is 0 Å². The maximum Gasteiger partial charge on any atom is 0.275 e. The topological polar surface area (TPSA) is 68.0 Å². The average Bonchev–Trinajstić information content (AvgIpc) is 2.82. The molecule has 0 radical (unpaired) electrons. The molecule has 2 rings (SSSR count). The summed E-state index contributed by atoms with van der Waals surface area (Å²) < 4.78 is 1.89. The second-order valence-corrected chi connectivity index (χ2v) is 6.45. The van der Waals surface area contributed by atoms with Crippen molar-refractivity contribution in [1.29, 1.82) is 0 Å². The summed E-state index contributed by atoms with van der Waals surface area (Å²) in [6.45, 7) is 0.352. The van der Waals surface area contributed by atoms with E-state index in [1.807, 2.05) is 18.2 Å². The number of carbonyl (C=O) groups excluding carboxylic acids is 1. The van der Waals surface area contributed by atoms with E-state index in [9.17, 15) is 4.79 Å². The third kappa shape index (κ3) is 3.28. The normalized spacial score (nSPS) is 10.4. The molecular formula is C11H9BrIN3OS. The van der Waals surface area contributed by atoms with E-state index in [1.165, 1.54) is 11.3 Å². The summed E-state index contributed by atoms with van der Waals surface area (Å²) in [5.74, 6) is -0.228. The molecule has 0 atom stereocenters. The van der Waals surface area contributed by atoms with Gasteiger partial charge in [0.1, 0.15) is 10.7 Å². The highest BCUT2D eigenvalue weighted by molar-refractivity contribution is 14.1. The SMILES string of the molecule is NCc1nc(C(=O)Nc2cc(I)ccc2Br)cs1. The lowest BCUT2D eigenvalue weighted by molar-refractivity contribution is 0.102. The molecule has 0 aliphatic heterocycles. The van der Waals surface area contributed by atoms with Crippen LogP contribution in [0.25, 0.3) is 0 Å². The average molecular weight is 438 g/mol. The number of amides is 1. The second kappa shape index (κ2) is 6.09. The molecule has 0 aliphatic carbocycles. The second-order valence-electron chi connectivity index (χ2n) is 3.41. The smallest absolute Gasteiger partial charge is 0.275 e. The Kier molecular flexibility index (Phi) is 4.71. The van der Waals surface area contributed by atoms with Gasteiger partial charge < -0.3 is 11.1 Å². The zero-order valence-corrected chi connectivity index (χ0v) is 13.7. The van der Waals surface area contributed by atoms with Crippen LogP contribution in [0.1, 0.15) is 15.5 Å². The summed E-state index contributed by atoms with van der Waals surface area (Å²) in [7, 11) is 0. The standard InChI is InChI=1S/C11H9BrIN3OS/c12-7-2-1-6(13)3-8(7)16-11(17)9-5-18-10(4-14)15-9/h1-3,5H,4,14H2,(H,16,17). The van der Waals surface area contributed by atoms with Crippen molar-refractivity contribution in [1.82, 2.24) is 4.98 Å². The minimum Gasteiger partial charge on any atom is -0.325 e. The van der Waals surface area contributed by atoms with E-state index in [1.54, 1.807) is 5.38 Å². The molecule has 7 heteroatoms. The molecule has 1 aromatic carbocycles. The molecule has 94 valence electrons. The van der Waals surface area contributed by atoms with E-state index in [2.05, 4.69) is 48.8 Å². The van der Waals surface area contributed by atoms with Gasteiger partial charge in [-0.15, -0.1) is 11.3 Å². The van der Waals surface area contributed by atoms with Crippen LogP contribution in [0.15, 0.2) is 28.1 Å². The summed E-state index contributed by atoms with van der Waals surface area (Å²) in [5.41, 5.74) is 6.59. The first kappa shape index (κ1) is 13.9. The maximum atomic E-state index is 12.0. The molecule has 0 unspecified atom stereocenters. The first-order chi connectivity index (χ1) is 8.60. The van der Waals surface area contributed by atoms with E-state index in [-0.39, 0.29) is 5.91 Å². The largest absolute Gasteiger partial charge is 0.325 e. The highest BCUT2D eigenvalue weighted by atomic mass is 127. The Morgan fingerprint density at radius 2 is 2.33 bits per heavy atom. The molecule has 0 bridgehead atoms. The van der Waals surface area contributed by atoms with Crippen LogP contribution < -0.4 is 11.1 Å². The molecule has 4 nitrogen and oxygen atoms in total. The molecule has 0 saturated heterocycles. The number of rotatable bonds is 3. The lowest BCUT2D eigenvalue weighted by Crippen LogP contribution is -2.13. The Morgan fingerprint density at radius 1 is 1.56 bits per heavy atom. The lowest BCUT2D eigenvalue weighted by Gasteiger charge is -2.06. The Balaban J connectivity index is 2.18. The fourth-order valence-electron chi connectivity index (χ4n) is 1.29. The number of aromatic nitrogens is 1. The van der Waals surface area contributed by atoms with E-state index < -0.39 is 0 Å². The van der Waals surface area contributed by atoms with E-state index in [0.29, 0.717) is 12.2 Å². The molecule has 0 aliphatic rings. The quantitative estimate of drug-likeness (QED) is 0.724. The molecule has 1 heterocycles. The van der Waals surface area contributed by atoms with Crippen LogP contribution in [-0.4, -0.2) is 10.9 Å². The van der Waals surface area contributed by atoms with Crippen molar-refractivity contribution in [3.05, 3.63) is 42.3 Å². The van der Waals surface area contributed by atoms with E-state index >= 15 is 0 Å². The summed E-state index contributed by atoms with van der Waals surface area (Å²) in [5, 5.41) is 5.28. The van der Waals surface area contributed by atoms with Crippen LogP contribution >= 0.6 is 49.9 Å². The number of benzene rings is 1. The van der Waals surface area contributed by atoms with Gasteiger partial charge in [0.2, 0.25) is 0 Å². The van der Waals surface area contributed by atoms with Gasteiger partial charge in [-0.2, -0.15) is 0 Å². The predicted octanol–water partition coefficient (Wildman–Crippen LogP) is 3.22. The van der Waals surface area contributed by atoms with Crippen molar-refractivity contribution >= 4 is 61.5 Å². The number of carbonyl (C=O) groups is 1. The first-order valence-corrected chi connectivity index (χ1v) is 7.76. The lowest BCUT2D eigenvalue weighted by atomic mass is 10.3. The summed E-state index contributed by atoms with van der Waals surface area (Å²) in [4.78, 5) is 16.1. The highest BCUT2D eigenvalue weighted by Gasteiger charge is 2.12. The third-order valence-electron chi connectivity index (χ3n) is 2.14. The molecule has 1 aromatic heterocycles. The van der Waals surface area contributed by atoms with Crippen molar-refractivity contribution in [3.63, 3.8) is 0 Å². The molecule has 1 amide bonds. The van der Waals surface area contributed by atoms with Gasteiger partial charge in [0.05, 0.1) is 5.69 Å². The van der Waals surface area contributed by atoms with Gasteiger partial charge in [0.25, 0.3) is 5.91 Å². The van der Waals surface area contributed by atoms with Crippen molar-refractivity contribution in [3.8, 4) is 0 Å². The Labute approximate surface area is 130 Å². The number of thiazole rings is 1. The van der Waals surface area contributed by atoms with Crippen LogP contribution in [0, 0.1) is 3.57 Å². The minimum atomic E-state index is -0.228. The van der Waals surface area contributed by atoms with Gasteiger partial charge in [-0.3, -0.25) is 4.79 Å². The first-order valence-electron chi connectivity index (χ1n) is 5.01. The number of nitrogens with two attached hydrogens (primary N) is 1. The summed E-state index contributed by atoms with van der Waals surface area (Å²) in [6.07, 6.45) is 0. The van der Waals surface area contributed by atoms with Crippen molar-refractivity contribution < 1.29 is 4.79 Å². The number of halogens is 2. The molecular weight excluding hydrogens is 429 g/mol. The number of hydrogen-bond acceptors (Lipinski definition) is 4. The van der Waals surface area contributed by atoms with Crippen LogP contribution in [0.3, 0.4) is 0 Å². The van der Waals surface area contributed by atoms with Crippen LogP contribution in [0.4, 0.5) is 5.69 Å². The minimum absolute atomic E-state index is 0.228. The fourth-order valence-corrected chi connectivity index (χ4v) is 2.78. The molecule has 0 spiro atoms. The number of nitrogens with zero attached hydrogens (tertiary/aromatic N) is 1. The fraction of sp³-hybridized carbons (Fsp3) is 0.0909. The van der Waals surface area contributed by atoms with Gasteiger partial charge in [-0.05, 0) is 56.7 Å². The van der Waals surface area contributed by atoms with Crippen molar-refractivity contribution in [2.75, 3.05) is 5.32 Å². The number of hydrogen-bond donors (Lipinski definition) is 2. The molecule has 18 heavy (non-hydrogen) atoms. The maximum absolute atomic E-state index is 12.0. The molecule has 3 N–H and O–H groups in total. The number of nitrogens with one attached hydrogen (secondary N) is 1. The Morgan fingerprint density at radius 3 is 3.00 bits per heavy atom. The third-order valence-corrected chi connectivity index (χ3v) is 4.37. The number of anilines is 1. The van der Waals surface area contributed by atoms with E-state index in [4.69, 9.17) is 5.73 Å². The van der Waals surface area contributed by atoms with Gasteiger partial charge in [-0.1, -0.05) is 0 Å².